The molecule has 3 aromatic rings. The Kier molecular flexibility index (Phi) is 7.27. The van der Waals surface area contributed by atoms with E-state index in [-0.39, 0.29) is 47.0 Å². The zero-order valence-corrected chi connectivity index (χ0v) is 22.5. The van der Waals surface area contributed by atoms with Crippen LogP contribution in [-0.2, 0) is 6.54 Å². The van der Waals surface area contributed by atoms with Gasteiger partial charge < -0.3 is 15.5 Å². The van der Waals surface area contributed by atoms with Gasteiger partial charge in [0.05, 0.1) is 21.5 Å². The molecule has 1 saturated heterocycles. The fourth-order valence-corrected chi connectivity index (χ4v) is 5.67. The Labute approximate surface area is 227 Å². The smallest absolute Gasteiger partial charge is 0.331 e. The van der Waals surface area contributed by atoms with Gasteiger partial charge in [-0.05, 0) is 63.6 Å². The van der Waals surface area contributed by atoms with E-state index in [1.807, 2.05) is 6.07 Å². The highest BCUT2D eigenvalue weighted by atomic mass is 32.1. The van der Waals surface area contributed by atoms with Crippen molar-refractivity contribution >= 4 is 39.9 Å². The average molecular weight is 553 g/mol. The number of piperidine rings is 1. The number of nitrogens with one attached hydrogen (secondary N) is 2. The summed E-state index contributed by atoms with van der Waals surface area (Å²) in [6.07, 6.45) is 3.23. The lowest BCUT2D eigenvalue weighted by Crippen LogP contribution is -2.50. The van der Waals surface area contributed by atoms with Gasteiger partial charge in [0, 0.05) is 37.8 Å². The van der Waals surface area contributed by atoms with Gasteiger partial charge in [-0.2, -0.15) is 5.26 Å². The fraction of sp³-hybridized carbons (Fsp3) is 0.444. The van der Waals surface area contributed by atoms with Crippen molar-refractivity contribution < 1.29 is 14.0 Å². The normalized spacial score (nSPS) is 17.3. The molecule has 2 N–H and O–H groups in total. The molecule has 1 saturated carbocycles. The Morgan fingerprint density at radius 2 is 1.97 bits per heavy atom. The summed E-state index contributed by atoms with van der Waals surface area (Å²) < 4.78 is 17.8. The molecule has 1 aliphatic carbocycles. The summed E-state index contributed by atoms with van der Waals surface area (Å²) in [6, 6.07) is 6.46. The van der Waals surface area contributed by atoms with Gasteiger partial charge in [0.2, 0.25) is 0 Å². The van der Waals surface area contributed by atoms with Crippen molar-refractivity contribution in [3.05, 3.63) is 60.7 Å². The van der Waals surface area contributed by atoms with E-state index in [0.29, 0.717) is 35.7 Å². The van der Waals surface area contributed by atoms with E-state index in [1.165, 1.54) is 20.1 Å². The van der Waals surface area contributed by atoms with Gasteiger partial charge in [-0.25, -0.2) is 14.0 Å². The lowest BCUT2D eigenvalue weighted by molar-refractivity contribution is 0.0917. The summed E-state index contributed by atoms with van der Waals surface area (Å²) >= 11 is 1.10. The highest BCUT2D eigenvalue weighted by Crippen LogP contribution is 2.30. The minimum Gasteiger partial charge on any atom is -0.347 e. The third-order valence-corrected chi connectivity index (χ3v) is 8.13. The van der Waals surface area contributed by atoms with E-state index in [0.717, 1.165) is 30.2 Å². The van der Waals surface area contributed by atoms with Crippen LogP contribution >= 0.6 is 11.3 Å². The average Bonchev–Trinajstić information content (AvgIpc) is 3.59. The first-order valence-corrected chi connectivity index (χ1v) is 13.8. The van der Waals surface area contributed by atoms with Gasteiger partial charge in [-0.1, -0.05) is 0 Å². The Balaban J connectivity index is 1.36. The molecule has 0 radical (unpaired) electrons. The number of aromatic nitrogens is 2. The number of amides is 3. The molecule has 12 heteroatoms. The summed E-state index contributed by atoms with van der Waals surface area (Å²) in [6.45, 7) is 4.57. The first kappa shape index (κ1) is 26.6. The molecule has 1 atom stereocenters. The molecule has 2 fully saturated rings. The van der Waals surface area contributed by atoms with E-state index in [1.54, 1.807) is 26.0 Å². The van der Waals surface area contributed by atoms with E-state index >= 15 is 4.39 Å². The Morgan fingerprint density at radius 3 is 2.64 bits per heavy atom. The lowest BCUT2D eigenvalue weighted by Gasteiger charge is -2.33. The molecule has 1 aromatic carbocycles. The number of thiophene rings is 1. The monoisotopic (exact) mass is 552 g/mol. The molecular weight excluding hydrogens is 523 g/mol. The summed E-state index contributed by atoms with van der Waals surface area (Å²) in [5, 5.41) is 14.6. The minimum atomic E-state index is -0.753. The summed E-state index contributed by atoms with van der Waals surface area (Å²) in [4.78, 5) is 54.4. The number of benzene rings is 1. The Hall–Kier alpha value is -3.98. The van der Waals surface area contributed by atoms with Crippen LogP contribution in [0.4, 0.5) is 14.9 Å². The highest BCUT2D eigenvalue weighted by Gasteiger charge is 2.28. The van der Waals surface area contributed by atoms with Crippen LogP contribution in [0.1, 0.15) is 60.1 Å². The van der Waals surface area contributed by atoms with Crippen molar-refractivity contribution in [1.29, 1.82) is 5.26 Å². The van der Waals surface area contributed by atoms with Crippen molar-refractivity contribution in [2.45, 2.75) is 58.2 Å². The van der Waals surface area contributed by atoms with Crippen molar-refractivity contribution in [1.82, 2.24) is 19.4 Å². The first-order valence-electron chi connectivity index (χ1n) is 13.0. The number of anilines is 1. The molecular formula is C27H29FN6O4S. The molecule has 3 amide bonds. The van der Waals surface area contributed by atoms with E-state index in [4.69, 9.17) is 5.26 Å². The number of nitrogens with zero attached hydrogens (tertiary/aromatic N) is 4. The molecule has 3 heterocycles. The van der Waals surface area contributed by atoms with Crippen molar-refractivity contribution in [2.24, 2.45) is 5.92 Å². The van der Waals surface area contributed by atoms with E-state index in [2.05, 4.69) is 10.6 Å². The fourth-order valence-electron chi connectivity index (χ4n) is 4.96. The van der Waals surface area contributed by atoms with Crippen LogP contribution in [0.2, 0.25) is 0 Å². The van der Waals surface area contributed by atoms with Crippen LogP contribution in [0.25, 0.3) is 10.9 Å². The van der Waals surface area contributed by atoms with Gasteiger partial charge in [0.1, 0.15) is 16.8 Å². The molecule has 2 aliphatic rings. The molecule has 1 unspecified atom stereocenters. The quantitative estimate of drug-likeness (QED) is 0.482. The van der Waals surface area contributed by atoms with Crippen molar-refractivity contribution in [3.8, 4) is 6.07 Å². The number of hydrogen-bond acceptors (Lipinski definition) is 6. The van der Waals surface area contributed by atoms with E-state index in [9.17, 15) is 19.2 Å². The second-order valence-corrected chi connectivity index (χ2v) is 11.5. The second kappa shape index (κ2) is 10.6. The number of likely N-dealkylation sites (tertiary alicyclic amines) is 1. The molecule has 39 heavy (non-hydrogen) atoms. The van der Waals surface area contributed by atoms with Crippen LogP contribution in [-0.4, -0.2) is 45.1 Å². The number of hydrogen-bond donors (Lipinski definition) is 2. The van der Waals surface area contributed by atoms with Gasteiger partial charge in [-0.3, -0.25) is 18.7 Å². The number of nitriles is 1. The maximum absolute atomic E-state index is 15.2. The third-order valence-electron chi connectivity index (χ3n) is 7.14. The standard InChI is InChI=1S/C27H29FN6O4S/c1-15(2)34-22-11-20(28)21(10-19(22)25(36)33(27(34)38)13-16-5-6-16)31-26(37)32-9-3-4-17(14-32)30-24(35)23-8-7-18(12-29)39-23/h7-8,10-11,15-17H,3-6,9,13-14H2,1-2H3,(H,30,35)(H,31,37). The largest absolute Gasteiger partial charge is 0.347 e. The molecule has 10 nitrogen and oxygen atoms in total. The molecule has 0 bridgehead atoms. The number of halogens is 1. The predicted octanol–water partition coefficient (Wildman–Crippen LogP) is 3.65. The number of carbonyl (C=O) groups is 2. The maximum Gasteiger partial charge on any atom is 0.331 e. The Bertz CT molecular complexity index is 1610. The Morgan fingerprint density at radius 1 is 1.21 bits per heavy atom. The molecule has 0 spiro atoms. The summed E-state index contributed by atoms with van der Waals surface area (Å²) in [7, 11) is 0. The van der Waals surface area contributed by atoms with Crippen molar-refractivity contribution in [3.63, 3.8) is 0 Å². The van der Waals surface area contributed by atoms with Gasteiger partial charge in [0.25, 0.3) is 11.5 Å². The minimum absolute atomic E-state index is 0.148. The topological polar surface area (TPSA) is 129 Å². The number of urea groups is 1. The molecule has 1 aliphatic heterocycles. The lowest BCUT2D eigenvalue weighted by atomic mass is 10.1. The number of carbonyl (C=O) groups excluding carboxylic acids is 2. The number of rotatable bonds is 6. The van der Waals surface area contributed by atoms with Crippen LogP contribution in [0.3, 0.4) is 0 Å². The summed E-state index contributed by atoms with van der Waals surface area (Å²) in [5.41, 5.74) is -0.914. The van der Waals surface area contributed by atoms with E-state index < -0.39 is 23.1 Å². The SMILES string of the molecule is CC(C)n1c(=O)n(CC2CC2)c(=O)c2cc(NC(=O)N3CCCC(NC(=O)c4ccc(C#N)s4)C3)c(F)cc21. The zero-order valence-electron chi connectivity index (χ0n) is 21.7. The predicted molar refractivity (Wildman–Crippen MR) is 146 cm³/mol. The van der Waals surface area contributed by atoms with Gasteiger partial charge in [-0.15, -0.1) is 11.3 Å². The molecule has 5 rings (SSSR count). The van der Waals surface area contributed by atoms with Gasteiger partial charge >= 0.3 is 11.7 Å². The molecule has 2 aromatic heterocycles. The summed E-state index contributed by atoms with van der Waals surface area (Å²) in [5.74, 6) is -0.779. The third kappa shape index (κ3) is 5.45. The van der Waals surface area contributed by atoms with Crippen LogP contribution < -0.4 is 21.9 Å². The zero-order chi connectivity index (χ0) is 27.8. The molecule has 204 valence electrons. The second-order valence-electron chi connectivity index (χ2n) is 10.4. The maximum atomic E-state index is 15.2. The van der Waals surface area contributed by atoms with Gasteiger partial charge in [0.15, 0.2) is 0 Å². The van der Waals surface area contributed by atoms with Crippen LogP contribution in [0, 0.1) is 23.1 Å². The number of fused-ring (bicyclic) bond motifs is 1. The highest BCUT2D eigenvalue weighted by molar-refractivity contribution is 7.14. The van der Waals surface area contributed by atoms with Crippen LogP contribution in [0.5, 0.6) is 0 Å². The van der Waals surface area contributed by atoms with Crippen LogP contribution in [0.15, 0.2) is 33.9 Å². The van der Waals surface area contributed by atoms with Crippen molar-refractivity contribution in [2.75, 3.05) is 18.4 Å². The first-order chi connectivity index (χ1) is 18.7.